The van der Waals surface area contributed by atoms with Gasteiger partial charge in [0.1, 0.15) is 17.4 Å². The summed E-state index contributed by atoms with van der Waals surface area (Å²) in [5.74, 6) is 0.518. The molecule has 3 heterocycles. The lowest BCUT2D eigenvalue weighted by Crippen LogP contribution is -2.25. The SMILES string of the molecule is C=CCn1nc2n(c1=O)-c1ccc(Cl)nc1C(c1ccccc1Cl)=NC2. The highest BCUT2D eigenvalue weighted by atomic mass is 35.5. The van der Waals surface area contributed by atoms with Crippen molar-refractivity contribution in [3.8, 4) is 5.69 Å². The third-order valence-corrected chi connectivity index (χ3v) is 4.56. The average Bonchev–Trinajstić information content (AvgIpc) is 2.84. The minimum atomic E-state index is -0.277. The minimum Gasteiger partial charge on any atom is -0.274 e. The van der Waals surface area contributed by atoms with Gasteiger partial charge in [-0.15, -0.1) is 6.58 Å². The molecule has 0 atom stereocenters. The minimum absolute atomic E-state index is 0.216. The highest BCUT2D eigenvalue weighted by Gasteiger charge is 2.25. The molecule has 0 radical (unpaired) electrons. The molecule has 2 aromatic heterocycles. The Kier molecular flexibility index (Phi) is 4.22. The lowest BCUT2D eigenvalue weighted by molar-refractivity contribution is 0.661. The number of aliphatic imine (C=N–C) groups is 1. The van der Waals surface area contributed by atoms with E-state index < -0.39 is 0 Å². The maximum Gasteiger partial charge on any atom is 0.350 e. The van der Waals surface area contributed by atoms with Crippen LogP contribution in [-0.2, 0) is 13.1 Å². The summed E-state index contributed by atoms with van der Waals surface area (Å²) in [7, 11) is 0. The zero-order valence-electron chi connectivity index (χ0n) is 13.6. The van der Waals surface area contributed by atoms with Gasteiger partial charge < -0.3 is 0 Å². The molecular weight excluding hydrogens is 373 g/mol. The van der Waals surface area contributed by atoms with Gasteiger partial charge in [0.25, 0.3) is 0 Å². The number of benzene rings is 1. The van der Waals surface area contributed by atoms with E-state index in [1.165, 1.54) is 9.25 Å². The number of aromatic nitrogens is 4. The van der Waals surface area contributed by atoms with Crippen LogP contribution < -0.4 is 5.69 Å². The maximum atomic E-state index is 12.8. The van der Waals surface area contributed by atoms with Crippen LogP contribution in [0.25, 0.3) is 5.69 Å². The van der Waals surface area contributed by atoms with Crippen LogP contribution in [-0.4, -0.2) is 25.0 Å². The second-order valence-electron chi connectivity index (χ2n) is 5.65. The fourth-order valence-electron chi connectivity index (χ4n) is 2.91. The summed E-state index contributed by atoms with van der Waals surface area (Å²) in [5.41, 5.74) is 2.09. The van der Waals surface area contributed by atoms with Crippen LogP contribution in [0.3, 0.4) is 0 Å². The third kappa shape index (κ3) is 2.67. The van der Waals surface area contributed by atoms with Gasteiger partial charge in [-0.2, -0.15) is 5.10 Å². The molecule has 0 fully saturated rings. The maximum absolute atomic E-state index is 12.8. The Morgan fingerprint density at radius 3 is 2.77 bits per heavy atom. The molecular formula is C18H13Cl2N5O. The van der Waals surface area contributed by atoms with Crippen molar-refractivity contribution in [3.05, 3.63) is 86.8 Å². The molecule has 1 aromatic carbocycles. The van der Waals surface area contributed by atoms with E-state index in [-0.39, 0.29) is 12.2 Å². The Morgan fingerprint density at radius 1 is 1.19 bits per heavy atom. The van der Waals surface area contributed by atoms with Crippen LogP contribution >= 0.6 is 23.2 Å². The number of hydrogen-bond acceptors (Lipinski definition) is 4. The standard InChI is InChI=1S/C18H13Cl2N5O/c1-2-9-24-18(26)25-13-7-8-14(20)22-17(13)16(21-10-15(25)23-24)11-5-3-4-6-12(11)19/h2-8H,1,9-10H2. The first kappa shape index (κ1) is 16.8. The van der Waals surface area contributed by atoms with Crippen LogP contribution in [0.1, 0.15) is 17.1 Å². The number of fused-ring (bicyclic) bond motifs is 3. The molecule has 0 aliphatic carbocycles. The summed E-state index contributed by atoms with van der Waals surface area (Å²) < 4.78 is 2.85. The van der Waals surface area contributed by atoms with Crippen LogP contribution in [0.15, 0.2) is 58.8 Å². The van der Waals surface area contributed by atoms with Gasteiger partial charge in [-0.05, 0) is 18.2 Å². The van der Waals surface area contributed by atoms with E-state index in [1.807, 2.05) is 18.2 Å². The summed E-state index contributed by atoms with van der Waals surface area (Å²) in [4.78, 5) is 21.9. The van der Waals surface area contributed by atoms with Crippen molar-refractivity contribution in [2.75, 3.05) is 0 Å². The second kappa shape index (κ2) is 6.55. The molecule has 4 rings (SSSR count). The summed E-state index contributed by atoms with van der Waals surface area (Å²) in [6.45, 7) is 4.19. The van der Waals surface area contributed by atoms with E-state index in [9.17, 15) is 4.79 Å². The van der Waals surface area contributed by atoms with Crippen LogP contribution in [0.4, 0.5) is 0 Å². The van der Waals surface area contributed by atoms with Crippen LogP contribution in [0.2, 0.25) is 10.2 Å². The van der Waals surface area contributed by atoms with E-state index in [0.29, 0.717) is 39.6 Å². The number of hydrogen-bond donors (Lipinski definition) is 0. The molecule has 8 heteroatoms. The fraction of sp³-hybridized carbons (Fsp3) is 0.111. The molecule has 0 N–H and O–H groups in total. The van der Waals surface area contributed by atoms with Crippen LogP contribution in [0.5, 0.6) is 0 Å². The summed E-state index contributed by atoms with van der Waals surface area (Å²) in [5, 5.41) is 5.22. The van der Waals surface area contributed by atoms with Gasteiger partial charge >= 0.3 is 5.69 Å². The lowest BCUT2D eigenvalue weighted by atomic mass is 10.1. The van der Waals surface area contributed by atoms with E-state index in [2.05, 4.69) is 21.7 Å². The Bertz CT molecular complexity index is 1110. The first-order valence-corrected chi connectivity index (χ1v) is 8.62. The van der Waals surface area contributed by atoms with Gasteiger partial charge in [-0.1, -0.05) is 47.5 Å². The first-order valence-electron chi connectivity index (χ1n) is 7.86. The molecule has 0 bridgehead atoms. The molecule has 0 amide bonds. The molecule has 0 unspecified atom stereocenters. The van der Waals surface area contributed by atoms with Crippen molar-refractivity contribution in [3.63, 3.8) is 0 Å². The summed E-state index contributed by atoms with van der Waals surface area (Å²) >= 11 is 12.5. The second-order valence-corrected chi connectivity index (χ2v) is 6.45. The molecule has 3 aromatic rings. The van der Waals surface area contributed by atoms with Crippen molar-refractivity contribution in [1.82, 2.24) is 19.3 Å². The van der Waals surface area contributed by atoms with Crippen LogP contribution in [0, 0.1) is 0 Å². The normalized spacial score (nSPS) is 12.8. The zero-order valence-corrected chi connectivity index (χ0v) is 15.1. The molecule has 0 saturated heterocycles. The van der Waals surface area contributed by atoms with E-state index in [0.717, 1.165) is 5.56 Å². The topological polar surface area (TPSA) is 65.1 Å². The number of rotatable bonds is 3. The smallest absolute Gasteiger partial charge is 0.274 e. The largest absolute Gasteiger partial charge is 0.350 e. The van der Waals surface area contributed by atoms with Gasteiger partial charge in [0, 0.05) is 5.56 Å². The average molecular weight is 386 g/mol. The van der Waals surface area contributed by atoms with Crippen molar-refractivity contribution < 1.29 is 0 Å². The number of allylic oxidation sites excluding steroid dienone is 1. The van der Waals surface area contributed by atoms with Gasteiger partial charge in [0.15, 0.2) is 5.82 Å². The predicted octanol–water partition coefficient (Wildman–Crippen LogP) is 3.27. The molecule has 0 saturated carbocycles. The molecule has 26 heavy (non-hydrogen) atoms. The Balaban J connectivity index is 2.00. The van der Waals surface area contributed by atoms with Crippen molar-refractivity contribution in [2.45, 2.75) is 13.1 Å². The number of nitrogens with zero attached hydrogens (tertiary/aromatic N) is 5. The Labute approximate surface area is 159 Å². The van der Waals surface area contributed by atoms with E-state index in [1.54, 1.807) is 24.3 Å². The fourth-order valence-corrected chi connectivity index (χ4v) is 3.28. The Hall–Kier alpha value is -2.70. The van der Waals surface area contributed by atoms with E-state index >= 15 is 0 Å². The van der Waals surface area contributed by atoms with Gasteiger partial charge in [0.2, 0.25) is 0 Å². The first-order chi connectivity index (χ1) is 12.6. The summed E-state index contributed by atoms with van der Waals surface area (Å²) in [6.07, 6.45) is 1.62. The van der Waals surface area contributed by atoms with Gasteiger partial charge in [-0.25, -0.2) is 19.0 Å². The number of pyridine rings is 1. The van der Waals surface area contributed by atoms with Crippen molar-refractivity contribution in [1.29, 1.82) is 0 Å². The monoisotopic (exact) mass is 385 g/mol. The van der Waals surface area contributed by atoms with Gasteiger partial charge in [0.05, 0.1) is 23.0 Å². The molecule has 130 valence electrons. The molecule has 1 aliphatic rings. The zero-order chi connectivity index (χ0) is 18.3. The third-order valence-electron chi connectivity index (χ3n) is 4.02. The molecule has 6 nitrogen and oxygen atoms in total. The summed E-state index contributed by atoms with van der Waals surface area (Å²) in [6, 6.07) is 10.7. The quantitative estimate of drug-likeness (QED) is 0.513. The number of halogens is 2. The van der Waals surface area contributed by atoms with Crippen molar-refractivity contribution in [2.24, 2.45) is 4.99 Å². The highest BCUT2D eigenvalue weighted by Crippen LogP contribution is 2.26. The molecule has 1 aliphatic heterocycles. The van der Waals surface area contributed by atoms with Gasteiger partial charge in [-0.3, -0.25) is 4.99 Å². The Morgan fingerprint density at radius 2 is 2.00 bits per heavy atom. The predicted molar refractivity (Wildman–Crippen MR) is 102 cm³/mol. The highest BCUT2D eigenvalue weighted by molar-refractivity contribution is 6.35. The van der Waals surface area contributed by atoms with E-state index in [4.69, 9.17) is 23.2 Å². The molecule has 0 spiro atoms. The van der Waals surface area contributed by atoms with Crippen molar-refractivity contribution >= 4 is 28.9 Å². The lowest BCUT2D eigenvalue weighted by Gasteiger charge is -2.11.